The van der Waals surface area contributed by atoms with E-state index >= 15 is 0 Å². The van der Waals surface area contributed by atoms with E-state index in [0.717, 1.165) is 25.0 Å². The summed E-state index contributed by atoms with van der Waals surface area (Å²) < 4.78 is 37.6. The zero-order valence-corrected chi connectivity index (χ0v) is 12.0. The van der Waals surface area contributed by atoms with Crippen LogP contribution in [0.3, 0.4) is 0 Å². The molecule has 0 radical (unpaired) electrons. The van der Waals surface area contributed by atoms with E-state index in [-0.39, 0.29) is 0 Å². The summed E-state index contributed by atoms with van der Waals surface area (Å²) in [4.78, 5) is 8.43. The van der Waals surface area contributed by atoms with Crippen LogP contribution in [0.5, 0.6) is 0 Å². The average Bonchev–Trinajstić information content (AvgIpc) is 3.18. The molecule has 0 spiro atoms. The molecule has 5 nitrogen and oxygen atoms in total. The standard InChI is InChI=1S/C15H14F3N5/c16-15(17,18)10-3-1-9(2-4-10)14-21-13(22-23-14)8-7-12(19)20-11-5-6-11/h1-4,7-8,11H,5-6H2,(H2,19,20)(H,21,22,23). The van der Waals surface area contributed by atoms with Gasteiger partial charge in [0.15, 0.2) is 5.82 Å². The lowest BCUT2D eigenvalue weighted by molar-refractivity contribution is -0.137. The average molecular weight is 321 g/mol. The number of halogens is 3. The van der Waals surface area contributed by atoms with Crippen molar-refractivity contribution in [2.75, 3.05) is 0 Å². The lowest BCUT2D eigenvalue weighted by Crippen LogP contribution is -2.08. The molecule has 1 fully saturated rings. The zero-order valence-electron chi connectivity index (χ0n) is 12.0. The summed E-state index contributed by atoms with van der Waals surface area (Å²) in [6.45, 7) is 0. The second-order valence-corrected chi connectivity index (χ2v) is 5.24. The Labute approximate surface area is 130 Å². The molecule has 1 aromatic carbocycles. The second kappa shape index (κ2) is 5.86. The highest BCUT2D eigenvalue weighted by atomic mass is 19.4. The molecule has 0 saturated heterocycles. The lowest BCUT2D eigenvalue weighted by Gasteiger charge is -2.05. The van der Waals surface area contributed by atoms with E-state index in [1.165, 1.54) is 12.1 Å². The topological polar surface area (TPSA) is 80.0 Å². The van der Waals surface area contributed by atoms with Crippen LogP contribution in [0.1, 0.15) is 24.2 Å². The number of rotatable bonds is 4. The van der Waals surface area contributed by atoms with Crippen LogP contribution in [0, 0.1) is 0 Å². The third kappa shape index (κ3) is 3.97. The summed E-state index contributed by atoms with van der Waals surface area (Å²) in [6.07, 6.45) is 1.02. The number of hydrogen-bond donors (Lipinski definition) is 2. The molecule has 3 N–H and O–H groups in total. The molecule has 1 heterocycles. The van der Waals surface area contributed by atoms with Crippen molar-refractivity contribution in [1.29, 1.82) is 0 Å². The van der Waals surface area contributed by atoms with Gasteiger partial charge in [0.2, 0.25) is 0 Å². The van der Waals surface area contributed by atoms with Gasteiger partial charge >= 0.3 is 6.18 Å². The Morgan fingerprint density at radius 3 is 2.57 bits per heavy atom. The largest absolute Gasteiger partial charge is 0.416 e. The van der Waals surface area contributed by atoms with Gasteiger partial charge in [-0.05, 0) is 37.1 Å². The summed E-state index contributed by atoms with van der Waals surface area (Å²) in [5, 5.41) is 6.67. The summed E-state index contributed by atoms with van der Waals surface area (Å²) in [5.41, 5.74) is 5.52. The van der Waals surface area contributed by atoms with Gasteiger partial charge in [-0.25, -0.2) is 4.98 Å². The van der Waals surface area contributed by atoms with Gasteiger partial charge in [-0.1, -0.05) is 12.1 Å². The van der Waals surface area contributed by atoms with Crippen molar-refractivity contribution in [3.63, 3.8) is 0 Å². The number of aromatic nitrogens is 3. The van der Waals surface area contributed by atoms with Gasteiger partial charge < -0.3 is 5.73 Å². The molecular formula is C15H14F3N5. The van der Waals surface area contributed by atoms with Crippen molar-refractivity contribution in [3.05, 3.63) is 41.7 Å². The minimum absolute atomic E-state index is 0.316. The van der Waals surface area contributed by atoms with Crippen LogP contribution >= 0.6 is 0 Å². The Bertz CT molecular complexity index is 739. The van der Waals surface area contributed by atoms with Crippen molar-refractivity contribution < 1.29 is 13.2 Å². The van der Waals surface area contributed by atoms with Crippen LogP contribution in [0.15, 0.2) is 35.3 Å². The Hall–Kier alpha value is -2.64. The Morgan fingerprint density at radius 2 is 1.96 bits per heavy atom. The highest BCUT2D eigenvalue weighted by molar-refractivity contribution is 5.95. The molecule has 3 rings (SSSR count). The molecule has 0 bridgehead atoms. The van der Waals surface area contributed by atoms with Crippen molar-refractivity contribution in [2.45, 2.75) is 25.1 Å². The van der Waals surface area contributed by atoms with Gasteiger partial charge in [-0.2, -0.15) is 18.3 Å². The number of alkyl halides is 3. The fourth-order valence-corrected chi connectivity index (χ4v) is 1.91. The molecule has 120 valence electrons. The van der Waals surface area contributed by atoms with E-state index in [2.05, 4.69) is 20.2 Å². The fraction of sp³-hybridized carbons (Fsp3) is 0.267. The first-order valence-corrected chi connectivity index (χ1v) is 7.03. The number of benzene rings is 1. The number of nitrogens with zero attached hydrogens (tertiary/aromatic N) is 3. The number of amidine groups is 1. The van der Waals surface area contributed by atoms with Gasteiger partial charge in [-0.15, -0.1) is 0 Å². The predicted octanol–water partition coefficient (Wildman–Crippen LogP) is 3.02. The first-order valence-electron chi connectivity index (χ1n) is 7.03. The van der Waals surface area contributed by atoms with Crippen LogP contribution in [-0.2, 0) is 6.18 Å². The number of nitrogens with one attached hydrogen (secondary N) is 1. The van der Waals surface area contributed by atoms with Crippen LogP contribution in [0.2, 0.25) is 0 Å². The number of hydrogen-bond acceptors (Lipinski definition) is 3. The predicted molar refractivity (Wildman–Crippen MR) is 80.5 cm³/mol. The summed E-state index contributed by atoms with van der Waals surface area (Å²) in [5.74, 6) is 1.19. The van der Waals surface area contributed by atoms with E-state index in [4.69, 9.17) is 5.73 Å². The molecule has 1 aliphatic carbocycles. The van der Waals surface area contributed by atoms with Gasteiger partial charge in [0, 0.05) is 5.56 Å². The van der Waals surface area contributed by atoms with Gasteiger partial charge in [0.1, 0.15) is 11.7 Å². The van der Waals surface area contributed by atoms with Crippen molar-refractivity contribution in [2.24, 2.45) is 10.7 Å². The monoisotopic (exact) mass is 321 g/mol. The van der Waals surface area contributed by atoms with Crippen LogP contribution < -0.4 is 5.73 Å². The molecule has 1 aromatic heterocycles. The van der Waals surface area contributed by atoms with E-state index in [9.17, 15) is 13.2 Å². The van der Waals surface area contributed by atoms with Crippen molar-refractivity contribution >= 4 is 11.9 Å². The maximum absolute atomic E-state index is 12.5. The third-order valence-electron chi connectivity index (χ3n) is 3.26. The maximum Gasteiger partial charge on any atom is 0.416 e. The van der Waals surface area contributed by atoms with E-state index in [0.29, 0.717) is 29.1 Å². The molecule has 0 unspecified atom stereocenters. The van der Waals surface area contributed by atoms with Gasteiger partial charge in [-0.3, -0.25) is 10.1 Å². The first-order chi connectivity index (χ1) is 10.9. The Balaban J connectivity index is 1.72. The third-order valence-corrected chi connectivity index (χ3v) is 3.26. The lowest BCUT2D eigenvalue weighted by atomic mass is 10.1. The minimum atomic E-state index is -4.36. The van der Waals surface area contributed by atoms with Crippen LogP contribution in [-0.4, -0.2) is 27.1 Å². The van der Waals surface area contributed by atoms with Gasteiger partial charge in [0.05, 0.1) is 11.6 Å². The normalized spacial score (nSPS) is 16.2. The van der Waals surface area contributed by atoms with Crippen LogP contribution in [0.25, 0.3) is 17.5 Å². The van der Waals surface area contributed by atoms with E-state index in [1.54, 1.807) is 12.2 Å². The van der Waals surface area contributed by atoms with Crippen LogP contribution in [0.4, 0.5) is 13.2 Å². The maximum atomic E-state index is 12.5. The number of aliphatic imine (C=N–C) groups is 1. The fourth-order valence-electron chi connectivity index (χ4n) is 1.91. The molecule has 1 saturated carbocycles. The quantitative estimate of drug-likeness (QED) is 0.671. The zero-order chi connectivity index (χ0) is 16.4. The summed E-state index contributed by atoms with van der Waals surface area (Å²) >= 11 is 0. The molecule has 1 aliphatic rings. The number of aromatic amines is 1. The molecule has 0 amide bonds. The Kier molecular flexibility index (Phi) is 3.89. The highest BCUT2D eigenvalue weighted by Crippen LogP contribution is 2.30. The molecule has 8 heteroatoms. The molecule has 2 aromatic rings. The minimum Gasteiger partial charge on any atom is -0.384 e. The highest BCUT2D eigenvalue weighted by Gasteiger charge is 2.30. The smallest absolute Gasteiger partial charge is 0.384 e. The summed E-state index contributed by atoms with van der Waals surface area (Å²) in [6, 6.07) is 5.01. The molecule has 0 atom stereocenters. The molecular weight excluding hydrogens is 307 g/mol. The number of nitrogens with two attached hydrogens (primary N) is 1. The van der Waals surface area contributed by atoms with Crippen molar-refractivity contribution in [1.82, 2.24) is 15.2 Å². The van der Waals surface area contributed by atoms with Crippen molar-refractivity contribution in [3.8, 4) is 11.4 Å². The van der Waals surface area contributed by atoms with Gasteiger partial charge in [0.25, 0.3) is 0 Å². The summed E-state index contributed by atoms with van der Waals surface area (Å²) in [7, 11) is 0. The van der Waals surface area contributed by atoms with E-state index in [1.807, 2.05) is 0 Å². The second-order valence-electron chi connectivity index (χ2n) is 5.24. The SMILES string of the molecule is NC(C=Cc1nc(-c2ccc(C(F)(F)F)cc2)n[nH]1)=NC1CC1. The molecule has 23 heavy (non-hydrogen) atoms. The van der Waals surface area contributed by atoms with E-state index < -0.39 is 11.7 Å². The Morgan fingerprint density at radius 1 is 1.26 bits per heavy atom. The number of H-pyrrole nitrogens is 1. The first kappa shape index (κ1) is 15.3. The molecule has 0 aliphatic heterocycles.